The number of methoxy groups -OCH3 is 1. The normalized spacial score (nSPS) is 15.1. The molecular weight excluding hydrogens is 432 g/mol. The van der Waals surface area contributed by atoms with Crippen molar-refractivity contribution >= 4 is 17.4 Å². The second-order valence-electron chi connectivity index (χ2n) is 9.30. The van der Waals surface area contributed by atoms with E-state index >= 15 is 0 Å². The number of benzene rings is 1. The third kappa shape index (κ3) is 7.29. The lowest BCUT2D eigenvalue weighted by Gasteiger charge is -2.21. The predicted molar refractivity (Wildman–Crippen MR) is 131 cm³/mol. The number of carbonyl (C=O) groups is 2. The molecule has 0 bridgehead atoms. The molecule has 4 N–H and O–H groups in total. The smallest absolute Gasteiger partial charge is 0.170 e. The van der Waals surface area contributed by atoms with E-state index in [0.717, 1.165) is 24.0 Å². The van der Waals surface area contributed by atoms with Crippen LogP contribution in [0, 0.1) is 5.92 Å². The molecule has 1 unspecified atom stereocenters. The van der Waals surface area contributed by atoms with Crippen LogP contribution < -0.4 is 10.5 Å². The van der Waals surface area contributed by atoms with Crippen molar-refractivity contribution in [2.75, 3.05) is 12.8 Å². The molecule has 2 aromatic rings. The van der Waals surface area contributed by atoms with Crippen molar-refractivity contribution in [3.8, 4) is 11.5 Å². The van der Waals surface area contributed by atoms with Crippen molar-refractivity contribution < 1.29 is 24.5 Å². The molecule has 3 rings (SSSR count). The number of nitrogen functional groups attached to an aromatic ring is 1. The third-order valence-corrected chi connectivity index (χ3v) is 6.70. The molecule has 1 fully saturated rings. The van der Waals surface area contributed by atoms with Gasteiger partial charge in [-0.1, -0.05) is 44.6 Å². The minimum absolute atomic E-state index is 0.0288. The van der Waals surface area contributed by atoms with Gasteiger partial charge >= 0.3 is 0 Å². The molecule has 34 heavy (non-hydrogen) atoms. The van der Waals surface area contributed by atoms with E-state index < -0.39 is 11.9 Å². The maximum atomic E-state index is 12.5. The number of carbonyl (C=O) groups excluding carboxylic acids is 2. The fraction of sp³-hybridized carbons (Fsp3) is 0.519. The fourth-order valence-electron chi connectivity index (χ4n) is 4.75. The lowest BCUT2D eigenvalue weighted by Crippen LogP contribution is -2.30. The zero-order valence-corrected chi connectivity index (χ0v) is 20.0. The summed E-state index contributed by atoms with van der Waals surface area (Å²) in [6, 6.07) is 7.03. The number of nitrogens with two attached hydrogens (primary N) is 1. The highest BCUT2D eigenvalue weighted by molar-refractivity contribution is 6.05. The van der Waals surface area contributed by atoms with Crippen LogP contribution in [0.2, 0.25) is 0 Å². The van der Waals surface area contributed by atoms with E-state index in [4.69, 9.17) is 10.5 Å². The number of aryl methyl sites for hydroxylation is 1. The van der Waals surface area contributed by atoms with Crippen LogP contribution in [0.3, 0.4) is 0 Å². The zero-order valence-electron chi connectivity index (χ0n) is 20.0. The Bertz CT molecular complexity index is 985. The Morgan fingerprint density at radius 2 is 1.85 bits per heavy atom. The molecule has 1 saturated carbocycles. The number of ether oxygens (including phenoxy) is 1. The lowest BCUT2D eigenvalue weighted by atomic mass is 9.85. The third-order valence-electron chi connectivity index (χ3n) is 6.70. The number of Topliss-reactive ketones (excluding diaryl/α,β-unsaturated/α-hetero) is 2. The number of anilines is 1. The number of aromatic hydroxyl groups is 1. The van der Waals surface area contributed by atoms with E-state index in [2.05, 4.69) is 4.98 Å². The van der Waals surface area contributed by atoms with Gasteiger partial charge in [-0.25, -0.2) is 4.98 Å². The lowest BCUT2D eigenvalue weighted by molar-refractivity contribution is -0.138. The number of aliphatic hydroxyl groups is 1. The number of hydrogen-bond acceptors (Lipinski definition) is 7. The van der Waals surface area contributed by atoms with Gasteiger partial charge in [0.15, 0.2) is 29.2 Å². The van der Waals surface area contributed by atoms with E-state index in [1.54, 1.807) is 24.4 Å². The number of nitrogens with zero attached hydrogens (tertiary/aromatic N) is 1. The Hall–Kier alpha value is -2.93. The van der Waals surface area contributed by atoms with Crippen molar-refractivity contribution in [1.29, 1.82) is 0 Å². The maximum Gasteiger partial charge on any atom is 0.170 e. The van der Waals surface area contributed by atoms with Crippen LogP contribution in [-0.2, 0) is 22.4 Å². The average molecular weight is 469 g/mol. The van der Waals surface area contributed by atoms with Gasteiger partial charge in [0.05, 0.1) is 7.11 Å². The highest BCUT2D eigenvalue weighted by Gasteiger charge is 2.24. The number of aromatic nitrogens is 1. The molecule has 1 atom stereocenters. The summed E-state index contributed by atoms with van der Waals surface area (Å²) in [7, 11) is 1.47. The molecule has 1 aliphatic rings. The molecule has 0 aliphatic heterocycles. The molecule has 7 nitrogen and oxygen atoms in total. The van der Waals surface area contributed by atoms with Gasteiger partial charge in [-0.3, -0.25) is 9.59 Å². The predicted octanol–water partition coefficient (Wildman–Crippen LogP) is 4.15. The fourth-order valence-corrected chi connectivity index (χ4v) is 4.75. The summed E-state index contributed by atoms with van der Waals surface area (Å²) >= 11 is 0. The van der Waals surface area contributed by atoms with Crippen molar-refractivity contribution in [1.82, 2.24) is 4.98 Å². The van der Waals surface area contributed by atoms with Crippen LogP contribution in [0.25, 0.3) is 0 Å². The second kappa shape index (κ2) is 12.5. The van der Waals surface area contributed by atoms with E-state index in [1.807, 2.05) is 6.07 Å². The quantitative estimate of drug-likeness (QED) is 0.400. The van der Waals surface area contributed by atoms with Crippen molar-refractivity contribution in [3.63, 3.8) is 0 Å². The number of ketones is 2. The first-order valence-corrected chi connectivity index (χ1v) is 12.2. The number of phenols is 1. The van der Waals surface area contributed by atoms with Crippen molar-refractivity contribution in [2.45, 2.75) is 76.7 Å². The molecule has 1 aromatic heterocycles. The molecule has 7 heteroatoms. The van der Waals surface area contributed by atoms with Gasteiger partial charge in [0.1, 0.15) is 5.82 Å². The van der Waals surface area contributed by atoms with Crippen molar-refractivity contribution in [3.05, 3.63) is 47.2 Å². The SMILES string of the molecule is COc1cc(CCC(=O)C(O)C(=O)CCCC2CCCCC2)cc(Cc2ccnc(N)c2)c1O. The van der Waals surface area contributed by atoms with E-state index in [1.165, 1.54) is 39.2 Å². The van der Waals surface area contributed by atoms with Crippen molar-refractivity contribution in [2.24, 2.45) is 5.92 Å². The van der Waals surface area contributed by atoms with Gasteiger partial charge in [0, 0.05) is 31.0 Å². The van der Waals surface area contributed by atoms with Crippen LogP contribution in [-0.4, -0.2) is 40.0 Å². The van der Waals surface area contributed by atoms with Crippen LogP contribution in [0.4, 0.5) is 5.82 Å². The van der Waals surface area contributed by atoms with E-state index in [-0.39, 0.29) is 24.4 Å². The highest BCUT2D eigenvalue weighted by atomic mass is 16.5. The Kier molecular flexibility index (Phi) is 9.45. The number of phenolic OH excluding ortho intramolecular Hbond substituents is 1. The number of rotatable bonds is 12. The van der Waals surface area contributed by atoms with Crippen LogP contribution in [0.15, 0.2) is 30.5 Å². The van der Waals surface area contributed by atoms with Gasteiger partial charge in [-0.05, 0) is 48.1 Å². The molecule has 1 aliphatic carbocycles. The minimum Gasteiger partial charge on any atom is -0.504 e. The van der Waals surface area contributed by atoms with Gasteiger partial charge in [0.25, 0.3) is 0 Å². The molecule has 0 radical (unpaired) electrons. The van der Waals surface area contributed by atoms with Crippen LogP contribution in [0.5, 0.6) is 11.5 Å². The molecule has 1 aromatic carbocycles. The summed E-state index contributed by atoms with van der Waals surface area (Å²) in [5.41, 5.74) is 8.04. The summed E-state index contributed by atoms with van der Waals surface area (Å²) < 4.78 is 5.30. The average Bonchev–Trinajstić information content (AvgIpc) is 2.84. The summed E-state index contributed by atoms with van der Waals surface area (Å²) in [6.07, 6.45) is 9.06. The Morgan fingerprint density at radius 1 is 1.12 bits per heavy atom. The van der Waals surface area contributed by atoms with Crippen LogP contribution >= 0.6 is 0 Å². The van der Waals surface area contributed by atoms with E-state index in [9.17, 15) is 19.8 Å². The van der Waals surface area contributed by atoms with Gasteiger partial charge in [0.2, 0.25) is 0 Å². The van der Waals surface area contributed by atoms with Gasteiger partial charge < -0.3 is 20.7 Å². The summed E-state index contributed by atoms with van der Waals surface area (Å²) in [6.45, 7) is 0. The number of pyridine rings is 1. The Labute approximate surface area is 201 Å². The summed E-state index contributed by atoms with van der Waals surface area (Å²) in [5, 5.41) is 20.8. The topological polar surface area (TPSA) is 123 Å². The second-order valence-corrected chi connectivity index (χ2v) is 9.30. The zero-order chi connectivity index (χ0) is 24.5. The molecule has 1 heterocycles. The standard InChI is InChI=1S/C27H36N2O5/c1-34-24-16-19(14-21(26(24)32)15-20-12-13-29-25(28)17-20)10-11-23(31)27(33)22(30)9-5-8-18-6-3-2-4-7-18/h12-14,16-18,27,32-33H,2-11,15H2,1H3,(H2,28,29). The molecule has 0 saturated heterocycles. The molecular formula is C27H36N2O5. The molecule has 184 valence electrons. The number of aliphatic hydroxyl groups excluding tert-OH is 1. The first-order chi connectivity index (χ1) is 16.4. The van der Waals surface area contributed by atoms with Gasteiger partial charge in [-0.2, -0.15) is 0 Å². The van der Waals surface area contributed by atoms with E-state index in [0.29, 0.717) is 35.9 Å². The summed E-state index contributed by atoms with van der Waals surface area (Å²) in [4.78, 5) is 28.8. The first kappa shape index (κ1) is 25.7. The first-order valence-electron chi connectivity index (χ1n) is 12.2. The largest absolute Gasteiger partial charge is 0.504 e. The molecule has 0 amide bonds. The highest BCUT2D eigenvalue weighted by Crippen LogP contribution is 2.33. The van der Waals surface area contributed by atoms with Crippen LogP contribution in [0.1, 0.15) is 74.5 Å². The summed E-state index contributed by atoms with van der Waals surface area (Å²) in [5.74, 6) is 0.542. The van der Waals surface area contributed by atoms with Gasteiger partial charge in [-0.15, -0.1) is 0 Å². The Morgan fingerprint density at radius 3 is 2.56 bits per heavy atom. The maximum absolute atomic E-state index is 12.5. The Balaban J connectivity index is 1.55. The monoisotopic (exact) mass is 468 g/mol. The minimum atomic E-state index is -1.57. The molecule has 0 spiro atoms. The number of hydrogen-bond donors (Lipinski definition) is 3.